The summed E-state index contributed by atoms with van der Waals surface area (Å²) in [5.41, 5.74) is 3.97. The van der Waals surface area contributed by atoms with E-state index in [1.165, 1.54) is 70.6 Å². The van der Waals surface area contributed by atoms with Crippen LogP contribution >= 0.6 is 0 Å². The highest BCUT2D eigenvalue weighted by molar-refractivity contribution is 5.64. The summed E-state index contributed by atoms with van der Waals surface area (Å²) >= 11 is 0. The highest BCUT2D eigenvalue weighted by Crippen LogP contribution is 2.34. The number of nitriles is 1. The summed E-state index contributed by atoms with van der Waals surface area (Å²) in [5.74, 6) is 2.78. The first-order valence-corrected chi connectivity index (χ1v) is 13.1. The maximum atomic E-state index is 9.57. The lowest BCUT2D eigenvalue weighted by molar-refractivity contribution is 0.248. The minimum Gasteiger partial charge on any atom is -0.241 e. The second-order valence-corrected chi connectivity index (χ2v) is 9.75. The number of aromatic nitrogens is 2. The van der Waals surface area contributed by atoms with Crippen molar-refractivity contribution >= 4 is 0 Å². The van der Waals surface area contributed by atoms with Gasteiger partial charge in [0.15, 0.2) is 0 Å². The molecule has 1 aliphatic carbocycles. The zero-order valence-corrected chi connectivity index (χ0v) is 20.3. The summed E-state index contributed by atoms with van der Waals surface area (Å²) in [6.07, 6.45) is 21.8. The average Bonchev–Trinajstić information content (AvgIpc) is 2.84. The zero-order chi connectivity index (χ0) is 22.6. The Balaban J connectivity index is 1.48. The quantitative estimate of drug-likeness (QED) is 0.319. The summed E-state index contributed by atoms with van der Waals surface area (Å²) in [4.78, 5) is 9.30. The Morgan fingerprint density at radius 1 is 0.812 bits per heavy atom. The number of rotatable bonds is 12. The highest BCUT2D eigenvalue weighted by Gasteiger charge is 2.21. The lowest BCUT2D eigenvalue weighted by atomic mass is 9.78. The zero-order valence-electron chi connectivity index (χ0n) is 20.3. The molecule has 1 aromatic heterocycles. The minimum absolute atomic E-state index is 0.785. The highest BCUT2D eigenvalue weighted by atomic mass is 14.9. The molecule has 1 aromatic carbocycles. The third-order valence-corrected chi connectivity index (χ3v) is 7.28. The summed E-state index contributed by atoms with van der Waals surface area (Å²) in [5, 5.41) is 9.57. The van der Waals surface area contributed by atoms with Crippen molar-refractivity contribution in [3.05, 3.63) is 47.5 Å². The van der Waals surface area contributed by atoms with Gasteiger partial charge in [-0.2, -0.15) is 5.26 Å². The van der Waals surface area contributed by atoms with Crippen LogP contribution in [0.5, 0.6) is 0 Å². The second-order valence-electron chi connectivity index (χ2n) is 9.75. The van der Waals surface area contributed by atoms with E-state index in [4.69, 9.17) is 0 Å². The Morgan fingerprint density at radius 3 is 2.12 bits per heavy atom. The van der Waals surface area contributed by atoms with Crippen molar-refractivity contribution in [3.63, 3.8) is 0 Å². The molecule has 3 nitrogen and oxygen atoms in total. The Labute approximate surface area is 195 Å². The molecule has 0 unspecified atom stereocenters. The smallest absolute Gasteiger partial charge is 0.128 e. The Bertz CT molecular complexity index is 842. The first-order chi connectivity index (χ1) is 15.7. The number of unbranched alkanes of at least 4 members (excludes halogenated alkanes) is 4. The van der Waals surface area contributed by atoms with Gasteiger partial charge in [-0.3, -0.25) is 0 Å². The molecule has 0 radical (unpaired) electrons. The van der Waals surface area contributed by atoms with E-state index in [-0.39, 0.29) is 0 Å². The molecule has 0 amide bonds. The predicted octanol–water partition coefficient (Wildman–Crippen LogP) is 8.07. The fourth-order valence-electron chi connectivity index (χ4n) is 5.10. The van der Waals surface area contributed by atoms with Crippen molar-refractivity contribution in [2.24, 2.45) is 11.8 Å². The lowest BCUT2D eigenvalue weighted by Gasteiger charge is -2.28. The first kappa shape index (κ1) is 24.4. The molecule has 0 spiro atoms. The van der Waals surface area contributed by atoms with Gasteiger partial charge in [-0.15, -0.1) is 0 Å². The molecule has 3 heteroatoms. The van der Waals surface area contributed by atoms with Crippen LogP contribution in [0.25, 0.3) is 11.1 Å². The van der Waals surface area contributed by atoms with Crippen molar-refractivity contribution in [1.82, 2.24) is 9.97 Å². The van der Waals surface area contributed by atoms with Crippen LogP contribution in [0.2, 0.25) is 0 Å². The van der Waals surface area contributed by atoms with Gasteiger partial charge in [0.25, 0.3) is 0 Å². The second kappa shape index (κ2) is 13.4. The van der Waals surface area contributed by atoms with Gasteiger partial charge >= 0.3 is 0 Å². The van der Waals surface area contributed by atoms with Crippen LogP contribution in [0.3, 0.4) is 0 Å². The maximum Gasteiger partial charge on any atom is 0.128 e. The van der Waals surface area contributed by atoms with E-state index >= 15 is 0 Å². The van der Waals surface area contributed by atoms with Crippen LogP contribution in [-0.2, 0) is 12.8 Å². The van der Waals surface area contributed by atoms with E-state index < -0.39 is 0 Å². The van der Waals surface area contributed by atoms with Gasteiger partial charge in [-0.05, 0) is 48.3 Å². The van der Waals surface area contributed by atoms with E-state index in [1.807, 2.05) is 18.5 Å². The van der Waals surface area contributed by atoms with Crippen molar-refractivity contribution < 1.29 is 0 Å². The molecule has 32 heavy (non-hydrogen) atoms. The molecule has 1 heterocycles. The van der Waals surface area contributed by atoms with E-state index in [9.17, 15) is 5.26 Å². The molecule has 0 bridgehead atoms. The summed E-state index contributed by atoms with van der Waals surface area (Å²) in [7, 11) is 0. The molecule has 1 saturated carbocycles. The van der Waals surface area contributed by atoms with Crippen LogP contribution in [-0.4, -0.2) is 9.97 Å². The van der Waals surface area contributed by atoms with Crippen LogP contribution in [0.1, 0.15) is 108 Å². The Hall–Kier alpha value is -2.21. The molecular formula is C29H41N3. The van der Waals surface area contributed by atoms with Gasteiger partial charge in [-0.1, -0.05) is 90.2 Å². The maximum absolute atomic E-state index is 9.57. The third-order valence-electron chi connectivity index (χ3n) is 7.28. The molecule has 0 aliphatic heterocycles. The van der Waals surface area contributed by atoms with Gasteiger partial charge in [0, 0.05) is 24.4 Å². The number of hydrogen-bond donors (Lipinski definition) is 0. The predicted molar refractivity (Wildman–Crippen MR) is 133 cm³/mol. The lowest BCUT2D eigenvalue weighted by Crippen LogP contribution is -2.15. The number of hydrogen-bond acceptors (Lipinski definition) is 3. The number of nitrogens with zero attached hydrogens (tertiary/aromatic N) is 3. The van der Waals surface area contributed by atoms with Gasteiger partial charge in [-0.25, -0.2) is 9.97 Å². The summed E-state index contributed by atoms with van der Waals surface area (Å²) < 4.78 is 0. The van der Waals surface area contributed by atoms with Crippen LogP contribution in [0.4, 0.5) is 0 Å². The van der Waals surface area contributed by atoms with Crippen molar-refractivity contribution in [2.45, 2.75) is 104 Å². The van der Waals surface area contributed by atoms with E-state index in [2.05, 4.69) is 42.0 Å². The SMILES string of the molecule is CCCCCc1ccc(-c2cnc(CC[C@H]3CC[C@H](CCCCC)CC3)nc2)cc1C#N. The van der Waals surface area contributed by atoms with Crippen LogP contribution in [0.15, 0.2) is 30.6 Å². The van der Waals surface area contributed by atoms with E-state index in [0.717, 1.165) is 59.2 Å². The van der Waals surface area contributed by atoms with E-state index in [0.29, 0.717) is 0 Å². The first-order valence-electron chi connectivity index (χ1n) is 13.1. The fourth-order valence-corrected chi connectivity index (χ4v) is 5.10. The minimum atomic E-state index is 0.785. The fraction of sp³-hybridized carbons (Fsp3) is 0.621. The van der Waals surface area contributed by atoms with Crippen LogP contribution in [0, 0.1) is 23.2 Å². The topological polar surface area (TPSA) is 49.6 Å². The van der Waals surface area contributed by atoms with Gasteiger partial charge < -0.3 is 0 Å². The van der Waals surface area contributed by atoms with Crippen LogP contribution < -0.4 is 0 Å². The van der Waals surface area contributed by atoms with Crippen molar-refractivity contribution in [3.8, 4) is 17.2 Å². The molecule has 1 aliphatic rings. The van der Waals surface area contributed by atoms with Gasteiger partial charge in [0.2, 0.25) is 0 Å². The Kier molecular flexibility index (Phi) is 10.2. The molecule has 0 atom stereocenters. The Morgan fingerprint density at radius 2 is 1.47 bits per heavy atom. The molecule has 2 aromatic rings. The normalized spacial score (nSPS) is 18.4. The summed E-state index contributed by atoms with van der Waals surface area (Å²) in [6, 6.07) is 8.59. The molecule has 0 N–H and O–H groups in total. The average molecular weight is 432 g/mol. The third kappa shape index (κ3) is 7.44. The number of benzene rings is 1. The van der Waals surface area contributed by atoms with Gasteiger partial charge in [0.05, 0.1) is 11.6 Å². The monoisotopic (exact) mass is 431 g/mol. The van der Waals surface area contributed by atoms with Crippen molar-refractivity contribution in [1.29, 1.82) is 5.26 Å². The molecule has 1 fully saturated rings. The molecular weight excluding hydrogens is 390 g/mol. The molecule has 172 valence electrons. The number of aryl methyl sites for hydroxylation is 2. The largest absolute Gasteiger partial charge is 0.241 e. The van der Waals surface area contributed by atoms with Crippen molar-refractivity contribution in [2.75, 3.05) is 0 Å². The van der Waals surface area contributed by atoms with E-state index in [1.54, 1.807) is 0 Å². The van der Waals surface area contributed by atoms with Gasteiger partial charge in [0.1, 0.15) is 5.82 Å². The standard InChI is InChI=1S/C29H41N3/c1-3-5-7-9-23-11-13-24(14-12-23)15-18-29-31-21-28(22-32-29)26-17-16-25(10-8-6-4-2)27(19-26)20-30/h16-17,19,21-24H,3-15,18H2,1-2H3/t23-,24-. The molecule has 0 saturated heterocycles. The summed E-state index contributed by atoms with van der Waals surface area (Å²) in [6.45, 7) is 4.50. The molecule has 3 rings (SSSR count).